The Balaban J connectivity index is 1.21. The molecule has 4 aromatic rings. The zero-order valence-corrected chi connectivity index (χ0v) is 21.8. The number of hydrogen-bond acceptors (Lipinski definition) is 4. The van der Waals surface area contributed by atoms with Crippen LogP contribution in [0.3, 0.4) is 0 Å². The number of rotatable bonds is 6. The molecule has 0 atom stereocenters. The second-order valence-electron chi connectivity index (χ2n) is 9.43. The molecule has 1 fully saturated rings. The third-order valence-corrected chi connectivity index (χ3v) is 7.87. The zero-order valence-electron chi connectivity index (χ0n) is 20.9. The van der Waals surface area contributed by atoms with Gasteiger partial charge in [0.2, 0.25) is 0 Å². The van der Waals surface area contributed by atoms with Gasteiger partial charge in [0.15, 0.2) is 0 Å². The molecule has 0 saturated carbocycles. The third-order valence-electron chi connectivity index (χ3n) is 6.86. The standard InChI is InChI=1S/C30H26F3N3O2S/c31-30(32,33)23-12-10-21(11-13-23)24-8-4-5-9-25(24)29(38)36-16-14-22(15-17-36)28-35-26(19-39-28)27(37)34-18-20-6-2-1-3-7-20/h1-13,19,22H,14-18H2,(H,34,37). The third kappa shape index (κ3) is 6.20. The van der Waals surface area contributed by atoms with E-state index >= 15 is 0 Å². The average molecular weight is 550 g/mol. The fourth-order valence-electron chi connectivity index (χ4n) is 4.71. The van der Waals surface area contributed by atoms with E-state index < -0.39 is 11.7 Å². The fourth-order valence-corrected chi connectivity index (χ4v) is 5.68. The smallest absolute Gasteiger partial charge is 0.347 e. The maximum atomic E-state index is 13.4. The van der Waals surface area contributed by atoms with E-state index in [1.165, 1.54) is 23.5 Å². The summed E-state index contributed by atoms with van der Waals surface area (Å²) in [6.45, 7) is 1.49. The van der Waals surface area contributed by atoms with Gasteiger partial charge < -0.3 is 10.2 Å². The SMILES string of the molecule is O=C(NCc1ccccc1)c1csc(C2CCN(C(=O)c3ccccc3-c3ccc(C(F)(F)F)cc3)CC2)n1. The Hall–Kier alpha value is -3.98. The number of thiazole rings is 1. The molecule has 1 N–H and O–H groups in total. The molecule has 0 spiro atoms. The molecule has 1 saturated heterocycles. The van der Waals surface area contributed by atoms with Crippen molar-refractivity contribution in [3.63, 3.8) is 0 Å². The summed E-state index contributed by atoms with van der Waals surface area (Å²) in [6, 6.07) is 21.5. The van der Waals surface area contributed by atoms with Gasteiger partial charge in [0, 0.05) is 36.5 Å². The van der Waals surface area contributed by atoms with Crippen molar-refractivity contribution in [1.29, 1.82) is 0 Å². The van der Waals surface area contributed by atoms with Crippen LogP contribution in [-0.4, -0.2) is 34.8 Å². The number of nitrogens with one attached hydrogen (secondary N) is 1. The van der Waals surface area contributed by atoms with Gasteiger partial charge in [0.05, 0.1) is 10.6 Å². The Morgan fingerprint density at radius 3 is 2.28 bits per heavy atom. The summed E-state index contributed by atoms with van der Waals surface area (Å²) in [5.41, 5.74) is 2.30. The van der Waals surface area contributed by atoms with Crippen molar-refractivity contribution >= 4 is 23.2 Å². The Kier molecular flexibility index (Phi) is 7.79. The molecule has 200 valence electrons. The van der Waals surface area contributed by atoms with E-state index in [1.807, 2.05) is 30.3 Å². The molecule has 2 heterocycles. The van der Waals surface area contributed by atoms with Gasteiger partial charge in [-0.1, -0.05) is 60.7 Å². The van der Waals surface area contributed by atoms with E-state index in [2.05, 4.69) is 10.3 Å². The number of piperidine rings is 1. The molecule has 5 nitrogen and oxygen atoms in total. The largest absolute Gasteiger partial charge is 0.416 e. The van der Waals surface area contributed by atoms with Crippen LogP contribution in [0.15, 0.2) is 84.2 Å². The van der Waals surface area contributed by atoms with E-state index in [1.54, 1.807) is 34.5 Å². The van der Waals surface area contributed by atoms with Crippen LogP contribution in [0.4, 0.5) is 13.2 Å². The molecule has 0 radical (unpaired) electrons. The number of amides is 2. The van der Waals surface area contributed by atoms with Gasteiger partial charge in [-0.05, 0) is 47.7 Å². The average Bonchev–Trinajstić information content (AvgIpc) is 3.46. The number of nitrogens with zero attached hydrogens (tertiary/aromatic N) is 2. The molecule has 1 aliphatic heterocycles. The minimum absolute atomic E-state index is 0.149. The van der Waals surface area contributed by atoms with Crippen LogP contribution >= 0.6 is 11.3 Å². The number of benzene rings is 3. The van der Waals surface area contributed by atoms with Crippen molar-refractivity contribution in [1.82, 2.24) is 15.2 Å². The van der Waals surface area contributed by atoms with Crippen LogP contribution < -0.4 is 5.32 Å². The molecule has 1 aliphatic rings. The molecule has 3 aromatic carbocycles. The fraction of sp³-hybridized carbons (Fsp3) is 0.233. The quantitative estimate of drug-likeness (QED) is 0.289. The van der Waals surface area contributed by atoms with E-state index in [-0.39, 0.29) is 17.7 Å². The molecule has 0 aliphatic carbocycles. The second-order valence-corrected chi connectivity index (χ2v) is 10.3. The second kappa shape index (κ2) is 11.4. The predicted molar refractivity (Wildman–Crippen MR) is 144 cm³/mol. The van der Waals surface area contributed by atoms with Crippen LogP contribution in [0.1, 0.15) is 55.7 Å². The van der Waals surface area contributed by atoms with Crippen LogP contribution in [0.25, 0.3) is 11.1 Å². The first-order chi connectivity index (χ1) is 18.8. The molecule has 5 rings (SSSR count). The minimum atomic E-state index is -4.41. The zero-order chi connectivity index (χ0) is 27.4. The highest BCUT2D eigenvalue weighted by molar-refractivity contribution is 7.09. The Bertz CT molecular complexity index is 1440. The molecule has 1 aromatic heterocycles. The topological polar surface area (TPSA) is 62.3 Å². The highest BCUT2D eigenvalue weighted by Gasteiger charge is 2.31. The number of alkyl halides is 3. The summed E-state index contributed by atoms with van der Waals surface area (Å²) in [5, 5.41) is 5.55. The normalized spacial score (nSPS) is 14.3. The van der Waals surface area contributed by atoms with Crippen LogP contribution in [0.2, 0.25) is 0 Å². The van der Waals surface area contributed by atoms with Gasteiger partial charge in [0.1, 0.15) is 5.69 Å². The van der Waals surface area contributed by atoms with Crippen LogP contribution in [-0.2, 0) is 12.7 Å². The van der Waals surface area contributed by atoms with Crippen molar-refractivity contribution in [2.24, 2.45) is 0 Å². The summed E-state index contributed by atoms with van der Waals surface area (Å²) >= 11 is 1.46. The van der Waals surface area contributed by atoms with Gasteiger partial charge in [0.25, 0.3) is 11.8 Å². The van der Waals surface area contributed by atoms with E-state index in [0.717, 1.165) is 22.7 Å². The molecule has 39 heavy (non-hydrogen) atoms. The Morgan fingerprint density at radius 2 is 1.59 bits per heavy atom. The monoisotopic (exact) mass is 549 g/mol. The number of carbonyl (C=O) groups excluding carboxylic acids is 2. The summed E-state index contributed by atoms with van der Waals surface area (Å²) < 4.78 is 38.9. The lowest BCUT2D eigenvalue weighted by Gasteiger charge is -2.31. The lowest BCUT2D eigenvalue weighted by Crippen LogP contribution is -2.38. The van der Waals surface area contributed by atoms with Gasteiger partial charge in [-0.15, -0.1) is 11.3 Å². The first-order valence-electron chi connectivity index (χ1n) is 12.6. The van der Waals surface area contributed by atoms with Crippen molar-refractivity contribution in [2.45, 2.75) is 31.5 Å². The number of carbonyl (C=O) groups is 2. The number of aromatic nitrogens is 1. The molecular weight excluding hydrogens is 523 g/mol. The van der Waals surface area contributed by atoms with Crippen molar-refractivity contribution in [2.75, 3.05) is 13.1 Å². The number of likely N-dealkylation sites (tertiary alicyclic amines) is 1. The Labute approximate surface area is 228 Å². The van der Waals surface area contributed by atoms with Gasteiger partial charge in [-0.2, -0.15) is 13.2 Å². The minimum Gasteiger partial charge on any atom is -0.347 e. The van der Waals surface area contributed by atoms with E-state index in [4.69, 9.17) is 0 Å². The molecule has 2 amide bonds. The van der Waals surface area contributed by atoms with E-state index in [0.29, 0.717) is 54.9 Å². The highest BCUT2D eigenvalue weighted by Crippen LogP contribution is 2.34. The lowest BCUT2D eigenvalue weighted by molar-refractivity contribution is -0.137. The highest BCUT2D eigenvalue weighted by atomic mass is 32.1. The maximum Gasteiger partial charge on any atom is 0.416 e. The summed E-state index contributed by atoms with van der Waals surface area (Å²) in [6.07, 6.45) is -2.98. The van der Waals surface area contributed by atoms with Crippen molar-refractivity contribution in [3.8, 4) is 11.1 Å². The van der Waals surface area contributed by atoms with Crippen molar-refractivity contribution in [3.05, 3.63) is 112 Å². The van der Waals surface area contributed by atoms with Crippen molar-refractivity contribution < 1.29 is 22.8 Å². The van der Waals surface area contributed by atoms with Crippen LogP contribution in [0, 0.1) is 0 Å². The molecule has 9 heteroatoms. The predicted octanol–water partition coefficient (Wildman–Crippen LogP) is 6.78. The summed E-state index contributed by atoms with van der Waals surface area (Å²) in [5.74, 6) is -0.210. The first kappa shape index (κ1) is 26.6. The first-order valence-corrected chi connectivity index (χ1v) is 13.5. The van der Waals surface area contributed by atoms with Gasteiger partial charge in [-0.3, -0.25) is 9.59 Å². The molecular formula is C30H26F3N3O2S. The van der Waals surface area contributed by atoms with E-state index in [9.17, 15) is 22.8 Å². The summed E-state index contributed by atoms with van der Waals surface area (Å²) in [7, 11) is 0. The molecule has 0 bridgehead atoms. The van der Waals surface area contributed by atoms with Crippen LogP contribution in [0.5, 0.6) is 0 Å². The van der Waals surface area contributed by atoms with Gasteiger partial charge >= 0.3 is 6.18 Å². The maximum absolute atomic E-state index is 13.4. The number of hydrogen-bond donors (Lipinski definition) is 1. The lowest BCUT2D eigenvalue weighted by atomic mass is 9.94. The van der Waals surface area contributed by atoms with Gasteiger partial charge in [-0.25, -0.2) is 4.98 Å². The summed E-state index contributed by atoms with van der Waals surface area (Å²) in [4.78, 5) is 32.3. The molecule has 0 unspecified atom stereocenters. The number of halogens is 3. The Morgan fingerprint density at radius 1 is 0.923 bits per heavy atom.